The Morgan fingerprint density at radius 1 is 1.46 bits per heavy atom. The van der Waals surface area contributed by atoms with Crippen molar-refractivity contribution in [2.45, 2.75) is 27.7 Å². The van der Waals surface area contributed by atoms with Gasteiger partial charge in [0.25, 0.3) is 0 Å². The summed E-state index contributed by atoms with van der Waals surface area (Å²) in [7, 11) is 0. The Labute approximate surface area is 85.3 Å². The molecule has 1 amide bonds. The van der Waals surface area contributed by atoms with Crippen LogP contribution in [0.4, 0.5) is 0 Å². The van der Waals surface area contributed by atoms with E-state index in [1.807, 2.05) is 27.7 Å². The molecule has 0 aliphatic rings. The van der Waals surface area contributed by atoms with Crippen LogP contribution < -0.4 is 5.73 Å². The highest BCUT2D eigenvalue weighted by atomic mass is 32.1. The second-order valence-electron chi connectivity index (χ2n) is 4.04. The number of nitrogens with zero attached hydrogens (tertiary/aromatic N) is 1. The monoisotopic (exact) mass is 202 g/mol. The summed E-state index contributed by atoms with van der Waals surface area (Å²) in [5.41, 5.74) is 5.03. The number of likely N-dealkylation sites (N-methyl/N-ethyl adjacent to an activating group) is 1. The first-order valence-corrected chi connectivity index (χ1v) is 4.77. The molecule has 76 valence electrons. The van der Waals surface area contributed by atoms with Gasteiger partial charge in [0, 0.05) is 12.0 Å². The molecular weight excluding hydrogens is 184 g/mol. The summed E-state index contributed by atoms with van der Waals surface area (Å²) < 4.78 is 0. The Kier molecular flexibility index (Phi) is 4.33. The highest BCUT2D eigenvalue weighted by molar-refractivity contribution is 7.80. The molecule has 0 aromatic heterocycles. The van der Waals surface area contributed by atoms with E-state index in [2.05, 4.69) is 0 Å². The number of rotatable bonds is 3. The molecule has 0 radical (unpaired) electrons. The van der Waals surface area contributed by atoms with Gasteiger partial charge in [-0.1, -0.05) is 33.0 Å². The molecule has 0 atom stereocenters. The quantitative estimate of drug-likeness (QED) is 0.699. The SMILES string of the molecule is CCN(CC(N)=S)C(=O)C(C)(C)C. The molecule has 0 aliphatic heterocycles. The zero-order valence-corrected chi connectivity index (χ0v) is 9.57. The molecule has 0 aliphatic carbocycles. The van der Waals surface area contributed by atoms with Gasteiger partial charge in [-0.2, -0.15) is 0 Å². The van der Waals surface area contributed by atoms with E-state index in [-0.39, 0.29) is 11.3 Å². The first-order chi connectivity index (χ1) is 5.79. The lowest BCUT2D eigenvalue weighted by Gasteiger charge is -2.27. The van der Waals surface area contributed by atoms with Crippen molar-refractivity contribution in [3.05, 3.63) is 0 Å². The normalized spacial score (nSPS) is 11.1. The van der Waals surface area contributed by atoms with E-state index in [1.165, 1.54) is 0 Å². The Balaban J connectivity index is 4.41. The van der Waals surface area contributed by atoms with Gasteiger partial charge >= 0.3 is 0 Å². The van der Waals surface area contributed by atoms with E-state index in [9.17, 15) is 4.79 Å². The second-order valence-corrected chi connectivity index (χ2v) is 4.56. The van der Waals surface area contributed by atoms with Crippen LogP contribution in [0, 0.1) is 5.41 Å². The first-order valence-electron chi connectivity index (χ1n) is 4.36. The van der Waals surface area contributed by atoms with Crippen molar-refractivity contribution >= 4 is 23.1 Å². The summed E-state index contributed by atoms with van der Waals surface area (Å²) in [6, 6.07) is 0. The van der Waals surface area contributed by atoms with Crippen LogP contribution in [-0.2, 0) is 4.79 Å². The smallest absolute Gasteiger partial charge is 0.228 e. The molecule has 3 nitrogen and oxygen atoms in total. The van der Waals surface area contributed by atoms with Crippen LogP contribution in [0.1, 0.15) is 27.7 Å². The van der Waals surface area contributed by atoms with Crippen molar-refractivity contribution in [1.82, 2.24) is 4.90 Å². The van der Waals surface area contributed by atoms with Gasteiger partial charge in [-0.15, -0.1) is 0 Å². The Hall–Kier alpha value is -0.640. The van der Waals surface area contributed by atoms with Gasteiger partial charge in [0.15, 0.2) is 0 Å². The molecule has 0 heterocycles. The minimum Gasteiger partial charge on any atom is -0.392 e. The molecule has 0 saturated heterocycles. The third-order valence-corrected chi connectivity index (χ3v) is 1.79. The summed E-state index contributed by atoms with van der Waals surface area (Å²) in [6.45, 7) is 8.60. The fourth-order valence-corrected chi connectivity index (χ4v) is 1.15. The molecular formula is C9H18N2OS. The maximum Gasteiger partial charge on any atom is 0.228 e. The lowest BCUT2D eigenvalue weighted by Crippen LogP contribution is -2.43. The third kappa shape index (κ3) is 4.22. The van der Waals surface area contributed by atoms with E-state index in [1.54, 1.807) is 4.90 Å². The van der Waals surface area contributed by atoms with Crippen LogP contribution in [-0.4, -0.2) is 28.9 Å². The van der Waals surface area contributed by atoms with Gasteiger partial charge in [0.2, 0.25) is 5.91 Å². The van der Waals surface area contributed by atoms with E-state index in [0.717, 1.165) is 0 Å². The van der Waals surface area contributed by atoms with Gasteiger partial charge in [-0.25, -0.2) is 0 Å². The molecule has 13 heavy (non-hydrogen) atoms. The van der Waals surface area contributed by atoms with Crippen molar-refractivity contribution in [1.29, 1.82) is 0 Å². The summed E-state index contributed by atoms with van der Waals surface area (Å²) >= 11 is 4.76. The van der Waals surface area contributed by atoms with Gasteiger partial charge in [-0.3, -0.25) is 4.79 Å². The van der Waals surface area contributed by atoms with Crippen molar-refractivity contribution in [2.24, 2.45) is 11.1 Å². The van der Waals surface area contributed by atoms with Crippen LogP contribution in [0.2, 0.25) is 0 Å². The van der Waals surface area contributed by atoms with Gasteiger partial charge in [-0.05, 0) is 6.92 Å². The standard InChI is InChI=1S/C9H18N2OS/c1-5-11(6-7(10)13)8(12)9(2,3)4/h5-6H2,1-4H3,(H2,10,13). The van der Waals surface area contributed by atoms with Gasteiger partial charge in [0.1, 0.15) is 0 Å². The molecule has 4 heteroatoms. The van der Waals surface area contributed by atoms with Crippen LogP contribution in [0.3, 0.4) is 0 Å². The number of hydrogen-bond acceptors (Lipinski definition) is 2. The number of carbonyl (C=O) groups is 1. The topological polar surface area (TPSA) is 46.3 Å². The zero-order chi connectivity index (χ0) is 10.6. The number of nitrogens with two attached hydrogens (primary N) is 1. The van der Waals surface area contributed by atoms with Crippen molar-refractivity contribution in [3.63, 3.8) is 0 Å². The van der Waals surface area contributed by atoms with Gasteiger partial charge in [0.05, 0.1) is 11.5 Å². The van der Waals surface area contributed by atoms with E-state index >= 15 is 0 Å². The fourth-order valence-electron chi connectivity index (χ4n) is 0.990. The molecule has 0 unspecified atom stereocenters. The lowest BCUT2D eigenvalue weighted by molar-refractivity contribution is -0.138. The van der Waals surface area contributed by atoms with Crippen LogP contribution in [0.25, 0.3) is 0 Å². The number of thiocarbonyl (C=S) groups is 1. The second kappa shape index (κ2) is 4.56. The molecule has 0 rings (SSSR count). The molecule has 0 aromatic carbocycles. The fraction of sp³-hybridized carbons (Fsp3) is 0.778. The van der Waals surface area contributed by atoms with Crippen molar-refractivity contribution in [3.8, 4) is 0 Å². The Bertz CT molecular complexity index is 208. The number of carbonyl (C=O) groups excluding carboxylic acids is 1. The summed E-state index contributed by atoms with van der Waals surface area (Å²) in [6.07, 6.45) is 0. The van der Waals surface area contributed by atoms with Crippen molar-refractivity contribution in [2.75, 3.05) is 13.1 Å². The minimum atomic E-state index is -0.360. The largest absolute Gasteiger partial charge is 0.392 e. The summed E-state index contributed by atoms with van der Waals surface area (Å²) in [5.74, 6) is 0.0859. The van der Waals surface area contributed by atoms with Gasteiger partial charge < -0.3 is 10.6 Å². The average Bonchev–Trinajstić information content (AvgIpc) is 1.96. The van der Waals surface area contributed by atoms with Crippen LogP contribution >= 0.6 is 12.2 Å². The molecule has 0 bridgehead atoms. The highest BCUT2D eigenvalue weighted by Gasteiger charge is 2.26. The van der Waals surface area contributed by atoms with Crippen molar-refractivity contribution < 1.29 is 4.79 Å². The van der Waals surface area contributed by atoms with E-state index in [0.29, 0.717) is 18.1 Å². The minimum absolute atomic E-state index is 0.0859. The van der Waals surface area contributed by atoms with E-state index in [4.69, 9.17) is 18.0 Å². The maximum absolute atomic E-state index is 11.7. The zero-order valence-electron chi connectivity index (χ0n) is 8.76. The molecule has 0 spiro atoms. The predicted molar refractivity (Wildman–Crippen MR) is 58.5 cm³/mol. The average molecular weight is 202 g/mol. The van der Waals surface area contributed by atoms with E-state index < -0.39 is 0 Å². The molecule has 0 fully saturated rings. The van der Waals surface area contributed by atoms with Crippen LogP contribution in [0.15, 0.2) is 0 Å². The van der Waals surface area contributed by atoms with Crippen LogP contribution in [0.5, 0.6) is 0 Å². The predicted octanol–water partition coefficient (Wildman–Crippen LogP) is 1.17. The summed E-state index contributed by atoms with van der Waals surface area (Å²) in [5, 5.41) is 0. The highest BCUT2D eigenvalue weighted by Crippen LogP contribution is 2.16. The number of amides is 1. The lowest BCUT2D eigenvalue weighted by atomic mass is 9.95. The Morgan fingerprint density at radius 2 is 1.92 bits per heavy atom. The Morgan fingerprint density at radius 3 is 2.15 bits per heavy atom. The first kappa shape index (κ1) is 12.4. The third-order valence-electron chi connectivity index (χ3n) is 1.66. The molecule has 0 saturated carbocycles. The molecule has 2 N–H and O–H groups in total. The summed E-state index contributed by atoms with van der Waals surface area (Å²) in [4.78, 5) is 13.8. The number of hydrogen-bond donors (Lipinski definition) is 1. The maximum atomic E-state index is 11.7. The molecule has 0 aromatic rings.